The van der Waals surface area contributed by atoms with Crippen molar-refractivity contribution in [3.8, 4) is 0 Å². The molecule has 1 rings (SSSR count). The lowest BCUT2D eigenvalue weighted by Crippen LogP contribution is -2.46. The van der Waals surface area contributed by atoms with Crippen LogP contribution in [0.5, 0.6) is 0 Å². The van der Waals surface area contributed by atoms with E-state index in [1.807, 2.05) is 0 Å². The number of hydrogen-bond donors (Lipinski definition) is 1. The molecule has 0 aliphatic rings. The van der Waals surface area contributed by atoms with E-state index in [2.05, 4.69) is 20.7 Å². The zero-order valence-electron chi connectivity index (χ0n) is 10.0. The minimum Gasteiger partial charge on any atom is -0.383 e. The number of nitrogens with one attached hydrogen (secondary N) is 1. The van der Waals surface area contributed by atoms with Gasteiger partial charge in [0.25, 0.3) is 0 Å². The van der Waals surface area contributed by atoms with Gasteiger partial charge in [0.15, 0.2) is 0 Å². The summed E-state index contributed by atoms with van der Waals surface area (Å²) >= 11 is 3.25. The van der Waals surface area contributed by atoms with Crippen molar-refractivity contribution in [2.24, 2.45) is 0 Å². The minimum atomic E-state index is -3.52. The van der Waals surface area contributed by atoms with Gasteiger partial charge in [0.1, 0.15) is 0 Å². The Morgan fingerprint density at radius 1 is 1.41 bits per heavy atom. The van der Waals surface area contributed by atoms with E-state index < -0.39 is 15.6 Å². The first-order valence-electron chi connectivity index (χ1n) is 5.05. The second-order valence-electron chi connectivity index (χ2n) is 4.38. The summed E-state index contributed by atoms with van der Waals surface area (Å²) in [6.45, 7) is 3.85. The standard InChI is InChI=1S/C11H16BrNO3S/c1-11(2,8-16-3)13-17(14,15)10-6-4-5-9(12)7-10/h4-7,13H,8H2,1-3H3. The van der Waals surface area contributed by atoms with Gasteiger partial charge in [-0.15, -0.1) is 0 Å². The molecule has 17 heavy (non-hydrogen) atoms. The molecule has 0 heterocycles. The second-order valence-corrected chi connectivity index (χ2v) is 6.98. The Labute approximate surface area is 111 Å². The summed E-state index contributed by atoms with van der Waals surface area (Å²) in [7, 11) is -1.99. The third-order valence-electron chi connectivity index (χ3n) is 2.02. The fraction of sp³-hybridized carbons (Fsp3) is 0.455. The predicted octanol–water partition coefficient (Wildman–Crippen LogP) is 2.15. The van der Waals surface area contributed by atoms with Crippen molar-refractivity contribution < 1.29 is 13.2 Å². The van der Waals surface area contributed by atoms with Crippen LogP contribution < -0.4 is 4.72 Å². The van der Waals surface area contributed by atoms with Crippen LogP contribution in [-0.2, 0) is 14.8 Å². The molecule has 0 aliphatic carbocycles. The molecule has 4 nitrogen and oxygen atoms in total. The summed E-state index contributed by atoms with van der Waals surface area (Å²) in [4.78, 5) is 0.232. The van der Waals surface area contributed by atoms with E-state index in [0.717, 1.165) is 4.47 Å². The Morgan fingerprint density at radius 3 is 2.59 bits per heavy atom. The van der Waals surface area contributed by atoms with Crippen LogP contribution in [0.1, 0.15) is 13.8 Å². The van der Waals surface area contributed by atoms with Gasteiger partial charge in [-0.3, -0.25) is 0 Å². The molecule has 0 spiro atoms. The molecule has 1 N–H and O–H groups in total. The molecular formula is C11H16BrNO3S. The minimum absolute atomic E-state index is 0.232. The molecule has 0 unspecified atom stereocenters. The second kappa shape index (κ2) is 5.48. The summed E-state index contributed by atoms with van der Waals surface area (Å²) in [6.07, 6.45) is 0. The average molecular weight is 322 g/mol. The first kappa shape index (κ1) is 14.6. The van der Waals surface area contributed by atoms with E-state index in [1.165, 1.54) is 7.11 Å². The first-order chi connectivity index (χ1) is 7.77. The van der Waals surface area contributed by atoms with Gasteiger partial charge in [-0.2, -0.15) is 0 Å². The number of ether oxygens (including phenoxy) is 1. The van der Waals surface area contributed by atoms with Crippen LogP contribution in [0.4, 0.5) is 0 Å². The van der Waals surface area contributed by atoms with Gasteiger partial charge < -0.3 is 4.74 Å². The third kappa shape index (κ3) is 4.39. The molecule has 0 fully saturated rings. The van der Waals surface area contributed by atoms with Crippen molar-refractivity contribution in [1.82, 2.24) is 4.72 Å². The van der Waals surface area contributed by atoms with Gasteiger partial charge in [0.2, 0.25) is 10.0 Å². The molecule has 1 aromatic rings. The van der Waals surface area contributed by atoms with Crippen LogP contribution in [0.2, 0.25) is 0 Å². The van der Waals surface area contributed by atoms with E-state index in [1.54, 1.807) is 38.1 Å². The quantitative estimate of drug-likeness (QED) is 0.904. The average Bonchev–Trinajstić information content (AvgIpc) is 2.15. The van der Waals surface area contributed by atoms with E-state index in [0.29, 0.717) is 6.61 Å². The molecule has 0 saturated carbocycles. The lowest BCUT2D eigenvalue weighted by molar-refractivity contribution is 0.141. The van der Waals surface area contributed by atoms with Gasteiger partial charge in [-0.05, 0) is 32.0 Å². The number of rotatable bonds is 5. The van der Waals surface area contributed by atoms with Crippen LogP contribution >= 0.6 is 15.9 Å². The summed E-state index contributed by atoms with van der Waals surface area (Å²) in [5.74, 6) is 0. The SMILES string of the molecule is COCC(C)(C)NS(=O)(=O)c1cccc(Br)c1. The van der Waals surface area contributed by atoms with Crippen LogP contribution in [-0.4, -0.2) is 27.7 Å². The van der Waals surface area contributed by atoms with E-state index in [4.69, 9.17) is 4.74 Å². The van der Waals surface area contributed by atoms with Crippen LogP contribution in [0.3, 0.4) is 0 Å². The zero-order chi connectivity index (χ0) is 13.1. The maximum Gasteiger partial charge on any atom is 0.241 e. The molecule has 0 amide bonds. The highest BCUT2D eigenvalue weighted by atomic mass is 79.9. The first-order valence-corrected chi connectivity index (χ1v) is 7.33. The van der Waals surface area contributed by atoms with Crippen molar-refractivity contribution in [3.05, 3.63) is 28.7 Å². The lowest BCUT2D eigenvalue weighted by Gasteiger charge is -2.24. The third-order valence-corrected chi connectivity index (χ3v) is 4.21. The van der Waals surface area contributed by atoms with Crippen LogP contribution in [0.15, 0.2) is 33.6 Å². The Kier molecular flexibility index (Phi) is 4.71. The normalized spacial score (nSPS) is 12.7. The Morgan fingerprint density at radius 2 is 2.06 bits per heavy atom. The van der Waals surface area contributed by atoms with Crippen molar-refractivity contribution in [1.29, 1.82) is 0 Å². The summed E-state index contributed by atoms with van der Waals surface area (Å²) in [6, 6.07) is 6.57. The van der Waals surface area contributed by atoms with Crippen LogP contribution in [0.25, 0.3) is 0 Å². The highest BCUT2D eigenvalue weighted by molar-refractivity contribution is 9.10. The molecular weight excluding hydrogens is 306 g/mol. The van der Waals surface area contributed by atoms with Crippen LogP contribution in [0, 0.1) is 0 Å². The largest absolute Gasteiger partial charge is 0.383 e. The monoisotopic (exact) mass is 321 g/mol. The Hall–Kier alpha value is -0.430. The maximum atomic E-state index is 12.1. The number of methoxy groups -OCH3 is 1. The summed E-state index contributed by atoms with van der Waals surface area (Å²) in [5.41, 5.74) is -0.643. The molecule has 96 valence electrons. The van der Waals surface area contributed by atoms with Gasteiger partial charge in [0, 0.05) is 11.6 Å². The van der Waals surface area contributed by atoms with Crippen molar-refractivity contribution in [3.63, 3.8) is 0 Å². The number of sulfonamides is 1. The molecule has 0 atom stereocenters. The van der Waals surface area contributed by atoms with E-state index in [-0.39, 0.29) is 4.90 Å². The van der Waals surface area contributed by atoms with Gasteiger partial charge >= 0.3 is 0 Å². The Balaban J connectivity index is 2.97. The molecule has 0 saturated heterocycles. The fourth-order valence-electron chi connectivity index (χ4n) is 1.45. The molecule has 1 aromatic carbocycles. The topological polar surface area (TPSA) is 55.4 Å². The molecule has 0 aliphatic heterocycles. The van der Waals surface area contributed by atoms with Gasteiger partial charge in [-0.25, -0.2) is 13.1 Å². The van der Waals surface area contributed by atoms with Gasteiger partial charge in [0.05, 0.1) is 17.0 Å². The molecule has 0 radical (unpaired) electrons. The summed E-state index contributed by atoms with van der Waals surface area (Å²) in [5, 5.41) is 0. The van der Waals surface area contributed by atoms with Crippen molar-refractivity contribution >= 4 is 26.0 Å². The van der Waals surface area contributed by atoms with E-state index >= 15 is 0 Å². The van der Waals surface area contributed by atoms with Crippen molar-refractivity contribution in [2.75, 3.05) is 13.7 Å². The maximum absolute atomic E-state index is 12.1. The molecule has 0 bridgehead atoms. The lowest BCUT2D eigenvalue weighted by atomic mass is 10.1. The Bertz CT molecular complexity index is 485. The zero-order valence-corrected chi connectivity index (χ0v) is 12.4. The van der Waals surface area contributed by atoms with Crippen molar-refractivity contribution in [2.45, 2.75) is 24.3 Å². The molecule has 6 heteroatoms. The number of benzene rings is 1. The fourth-order valence-corrected chi connectivity index (χ4v) is 3.44. The predicted molar refractivity (Wildman–Crippen MR) is 70.4 cm³/mol. The number of halogens is 1. The molecule has 0 aromatic heterocycles. The summed E-state index contributed by atoms with van der Waals surface area (Å²) < 4.78 is 32.5. The number of hydrogen-bond acceptors (Lipinski definition) is 3. The van der Waals surface area contributed by atoms with Gasteiger partial charge in [-0.1, -0.05) is 22.0 Å². The highest BCUT2D eigenvalue weighted by Gasteiger charge is 2.26. The van der Waals surface area contributed by atoms with E-state index in [9.17, 15) is 8.42 Å². The smallest absolute Gasteiger partial charge is 0.241 e. The highest BCUT2D eigenvalue weighted by Crippen LogP contribution is 2.17.